The van der Waals surface area contributed by atoms with E-state index in [2.05, 4.69) is 22.2 Å². The van der Waals surface area contributed by atoms with Gasteiger partial charge in [-0.2, -0.15) is 5.10 Å². The summed E-state index contributed by atoms with van der Waals surface area (Å²) >= 11 is 0. The van der Waals surface area contributed by atoms with Gasteiger partial charge in [-0.3, -0.25) is 9.48 Å². The highest BCUT2D eigenvalue weighted by Crippen LogP contribution is 2.37. The molecular formula is C17H30Cl2N4O. The van der Waals surface area contributed by atoms with Crippen LogP contribution >= 0.6 is 24.8 Å². The second kappa shape index (κ2) is 8.54. The van der Waals surface area contributed by atoms with E-state index in [0.717, 1.165) is 51.1 Å². The predicted octanol–water partition coefficient (Wildman–Crippen LogP) is 2.42. The quantitative estimate of drug-likeness (QED) is 0.880. The second-order valence-corrected chi connectivity index (χ2v) is 7.08. The Hall–Kier alpha value is -0.780. The predicted molar refractivity (Wildman–Crippen MR) is 101 cm³/mol. The van der Waals surface area contributed by atoms with Gasteiger partial charge in [0.1, 0.15) is 0 Å². The van der Waals surface area contributed by atoms with Crippen molar-refractivity contribution in [3.63, 3.8) is 0 Å². The minimum absolute atomic E-state index is 0. The minimum Gasteiger partial charge on any atom is -0.343 e. The molecule has 1 N–H and O–H groups in total. The maximum absolute atomic E-state index is 12.5. The fraction of sp³-hybridized carbons (Fsp3) is 0.765. The molecular weight excluding hydrogens is 347 g/mol. The van der Waals surface area contributed by atoms with E-state index in [1.165, 1.54) is 17.7 Å². The van der Waals surface area contributed by atoms with E-state index in [-0.39, 0.29) is 24.8 Å². The van der Waals surface area contributed by atoms with Gasteiger partial charge in [-0.15, -0.1) is 24.8 Å². The van der Waals surface area contributed by atoms with Gasteiger partial charge in [-0.1, -0.05) is 0 Å². The molecule has 7 heteroatoms. The van der Waals surface area contributed by atoms with Gasteiger partial charge >= 0.3 is 0 Å². The normalized spacial score (nSPS) is 19.0. The zero-order valence-corrected chi connectivity index (χ0v) is 16.6. The number of likely N-dealkylation sites (tertiary alicyclic amines) is 1. The molecule has 2 fully saturated rings. The first kappa shape index (κ1) is 21.3. The Labute approximate surface area is 157 Å². The number of piperidine rings is 1. The summed E-state index contributed by atoms with van der Waals surface area (Å²) in [4.78, 5) is 14.6. The highest BCUT2D eigenvalue weighted by Gasteiger charge is 2.37. The maximum atomic E-state index is 12.5. The number of hydrogen-bond acceptors (Lipinski definition) is 3. The highest BCUT2D eigenvalue weighted by atomic mass is 35.5. The first-order valence-corrected chi connectivity index (χ1v) is 8.48. The first-order chi connectivity index (χ1) is 10.5. The van der Waals surface area contributed by atoms with Crippen molar-refractivity contribution < 1.29 is 4.79 Å². The van der Waals surface area contributed by atoms with Gasteiger partial charge in [0.2, 0.25) is 5.91 Å². The van der Waals surface area contributed by atoms with Gasteiger partial charge in [0.15, 0.2) is 0 Å². The Morgan fingerprint density at radius 1 is 1.21 bits per heavy atom. The average molecular weight is 377 g/mol. The molecule has 138 valence electrons. The molecule has 1 spiro atoms. The number of aryl methyl sites for hydroxylation is 2. The largest absolute Gasteiger partial charge is 0.343 e. The van der Waals surface area contributed by atoms with Crippen LogP contribution in [0.3, 0.4) is 0 Å². The van der Waals surface area contributed by atoms with E-state index in [4.69, 9.17) is 0 Å². The molecule has 0 aliphatic carbocycles. The number of halogens is 2. The van der Waals surface area contributed by atoms with Crippen molar-refractivity contribution in [1.29, 1.82) is 0 Å². The molecule has 3 heterocycles. The van der Waals surface area contributed by atoms with Crippen LogP contribution in [0, 0.1) is 19.3 Å². The van der Waals surface area contributed by atoms with Crippen molar-refractivity contribution in [2.24, 2.45) is 12.5 Å². The van der Waals surface area contributed by atoms with Crippen LogP contribution in [0.4, 0.5) is 0 Å². The van der Waals surface area contributed by atoms with Crippen LogP contribution in [-0.4, -0.2) is 46.8 Å². The number of carbonyl (C=O) groups excluding carboxylic acids is 1. The van der Waals surface area contributed by atoms with E-state index in [1.54, 1.807) is 0 Å². The molecule has 0 saturated carbocycles. The van der Waals surface area contributed by atoms with Crippen LogP contribution in [-0.2, 0) is 18.3 Å². The molecule has 24 heavy (non-hydrogen) atoms. The van der Waals surface area contributed by atoms with Crippen molar-refractivity contribution >= 4 is 30.7 Å². The summed E-state index contributed by atoms with van der Waals surface area (Å²) < 4.78 is 1.91. The Balaban J connectivity index is 0.00000144. The van der Waals surface area contributed by atoms with Gasteiger partial charge in [0.05, 0.1) is 5.69 Å². The van der Waals surface area contributed by atoms with Crippen LogP contribution in [0.5, 0.6) is 0 Å². The molecule has 5 nitrogen and oxygen atoms in total. The number of aromatic nitrogens is 2. The van der Waals surface area contributed by atoms with Crippen molar-refractivity contribution in [3.05, 3.63) is 17.0 Å². The lowest BCUT2D eigenvalue weighted by Gasteiger charge is -2.39. The van der Waals surface area contributed by atoms with E-state index < -0.39 is 0 Å². The Morgan fingerprint density at radius 2 is 1.88 bits per heavy atom. The SMILES string of the molecule is Cc1nn(C)c(C)c1CCC(=O)N1CCC2(CCNC2)CC1.Cl.Cl. The number of rotatable bonds is 3. The molecule has 0 bridgehead atoms. The molecule has 1 aromatic rings. The third-order valence-electron chi connectivity index (χ3n) is 5.76. The smallest absolute Gasteiger partial charge is 0.222 e. The van der Waals surface area contributed by atoms with Crippen LogP contribution in [0.1, 0.15) is 42.6 Å². The lowest BCUT2D eigenvalue weighted by molar-refractivity contribution is -0.133. The van der Waals surface area contributed by atoms with Crippen molar-refractivity contribution in [3.8, 4) is 0 Å². The number of carbonyl (C=O) groups is 1. The lowest BCUT2D eigenvalue weighted by Crippen LogP contribution is -2.44. The summed E-state index contributed by atoms with van der Waals surface area (Å²) in [5.41, 5.74) is 3.96. The van der Waals surface area contributed by atoms with Crippen LogP contribution < -0.4 is 5.32 Å². The summed E-state index contributed by atoms with van der Waals surface area (Å²) in [6.45, 7) is 8.27. The molecule has 0 atom stereocenters. The van der Waals surface area contributed by atoms with Crippen molar-refractivity contribution in [1.82, 2.24) is 20.0 Å². The Kier molecular flexibility index (Phi) is 7.57. The zero-order valence-electron chi connectivity index (χ0n) is 14.9. The van der Waals surface area contributed by atoms with Crippen molar-refractivity contribution in [2.45, 2.75) is 46.0 Å². The van der Waals surface area contributed by atoms with Gasteiger partial charge < -0.3 is 10.2 Å². The number of nitrogens with zero attached hydrogens (tertiary/aromatic N) is 3. The van der Waals surface area contributed by atoms with E-state index in [1.807, 2.05) is 18.7 Å². The van der Waals surface area contributed by atoms with E-state index in [9.17, 15) is 4.79 Å². The molecule has 2 aliphatic heterocycles. The third-order valence-corrected chi connectivity index (χ3v) is 5.76. The molecule has 0 radical (unpaired) electrons. The fourth-order valence-corrected chi connectivity index (χ4v) is 4.02. The highest BCUT2D eigenvalue weighted by molar-refractivity contribution is 5.85. The summed E-state index contributed by atoms with van der Waals surface area (Å²) in [5.74, 6) is 0.309. The van der Waals surface area contributed by atoms with Crippen LogP contribution in [0.15, 0.2) is 0 Å². The number of nitrogens with one attached hydrogen (secondary N) is 1. The summed E-state index contributed by atoms with van der Waals surface area (Å²) in [5, 5.41) is 7.91. The fourth-order valence-electron chi connectivity index (χ4n) is 4.02. The molecule has 2 aliphatic rings. The third kappa shape index (κ3) is 4.24. The molecule has 1 amide bonds. The summed E-state index contributed by atoms with van der Waals surface area (Å²) in [6, 6.07) is 0. The summed E-state index contributed by atoms with van der Waals surface area (Å²) in [7, 11) is 1.97. The Morgan fingerprint density at radius 3 is 2.38 bits per heavy atom. The maximum Gasteiger partial charge on any atom is 0.222 e. The molecule has 2 saturated heterocycles. The molecule has 1 aromatic heterocycles. The monoisotopic (exact) mass is 376 g/mol. The molecule has 0 aromatic carbocycles. The van der Waals surface area contributed by atoms with Crippen LogP contribution in [0.25, 0.3) is 0 Å². The second-order valence-electron chi connectivity index (χ2n) is 7.08. The molecule has 3 rings (SSSR count). The van der Waals surface area contributed by atoms with Crippen LogP contribution in [0.2, 0.25) is 0 Å². The van der Waals surface area contributed by atoms with E-state index in [0.29, 0.717) is 17.7 Å². The Bertz CT molecular complexity index is 557. The van der Waals surface area contributed by atoms with Gasteiger partial charge in [-0.25, -0.2) is 0 Å². The van der Waals surface area contributed by atoms with E-state index >= 15 is 0 Å². The minimum atomic E-state index is 0. The summed E-state index contributed by atoms with van der Waals surface area (Å²) in [6.07, 6.45) is 5.03. The lowest BCUT2D eigenvalue weighted by atomic mass is 9.78. The van der Waals surface area contributed by atoms with Gasteiger partial charge in [-0.05, 0) is 57.1 Å². The van der Waals surface area contributed by atoms with Gasteiger partial charge in [0, 0.05) is 38.8 Å². The number of hydrogen-bond donors (Lipinski definition) is 1. The zero-order chi connectivity index (χ0) is 15.7. The topological polar surface area (TPSA) is 50.2 Å². The van der Waals surface area contributed by atoms with Gasteiger partial charge in [0.25, 0.3) is 0 Å². The number of amides is 1. The molecule has 0 unspecified atom stereocenters. The van der Waals surface area contributed by atoms with Crippen molar-refractivity contribution in [2.75, 3.05) is 26.2 Å². The first-order valence-electron chi connectivity index (χ1n) is 8.48. The standard InChI is InChI=1S/C17H28N4O.2ClH/c1-13-15(14(2)20(3)19-13)4-5-16(22)21-10-7-17(8-11-21)6-9-18-12-17;;/h18H,4-12H2,1-3H3;2*1H. The average Bonchev–Trinajstić information content (AvgIpc) is 3.04.